The van der Waals surface area contributed by atoms with E-state index < -0.39 is 30.1 Å². The van der Waals surface area contributed by atoms with Crippen LogP contribution in [0.15, 0.2) is 24.4 Å². The Kier molecular flexibility index (Phi) is 5.10. The highest BCUT2D eigenvalue weighted by Crippen LogP contribution is 2.25. The van der Waals surface area contributed by atoms with E-state index in [0.717, 1.165) is 6.07 Å². The molecule has 0 N–H and O–H groups in total. The normalized spacial score (nSPS) is 11.7. The van der Waals surface area contributed by atoms with Gasteiger partial charge in [-0.15, -0.1) is 0 Å². The van der Waals surface area contributed by atoms with Crippen LogP contribution in [-0.4, -0.2) is 42.2 Å². The van der Waals surface area contributed by atoms with Gasteiger partial charge in [0.25, 0.3) is 18.8 Å². The maximum atomic E-state index is 13.2. The van der Waals surface area contributed by atoms with E-state index in [2.05, 4.69) is 15.2 Å². The third-order valence-electron chi connectivity index (χ3n) is 3.91. The Hall–Kier alpha value is -2.98. The minimum Gasteiger partial charge on any atom is -0.334 e. The highest BCUT2D eigenvalue weighted by Gasteiger charge is 2.23. The molecule has 0 aliphatic heterocycles. The lowest BCUT2D eigenvalue weighted by Crippen LogP contribution is -2.27. The van der Waals surface area contributed by atoms with E-state index >= 15 is 0 Å². The van der Waals surface area contributed by atoms with Crippen LogP contribution in [0.2, 0.25) is 0 Å². The van der Waals surface area contributed by atoms with Crippen LogP contribution in [0.4, 0.5) is 17.6 Å². The fourth-order valence-electron chi connectivity index (χ4n) is 2.56. The minimum absolute atomic E-state index is 0.173. The molecule has 0 radical (unpaired) electrons. The van der Waals surface area contributed by atoms with Gasteiger partial charge in [0, 0.05) is 25.9 Å². The van der Waals surface area contributed by atoms with Gasteiger partial charge in [0.2, 0.25) is 0 Å². The van der Waals surface area contributed by atoms with Crippen molar-refractivity contribution >= 4 is 11.6 Å². The SMILES string of the molecule is CCn1ccc(CN(C)C(=O)c2cc3nc(C(F)F)cc(C(F)F)n3n2)n1. The number of nitrogens with zero attached hydrogens (tertiary/aromatic N) is 6. The zero-order chi connectivity index (χ0) is 19.7. The molecule has 144 valence electrons. The number of fused-ring (bicyclic) bond motifs is 1. The highest BCUT2D eigenvalue weighted by molar-refractivity contribution is 5.93. The maximum absolute atomic E-state index is 13.2. The monoisotopic (exact) mass is 384 g/mol. The second kappa shape index (κ2) is 7.33. The molecule has 0 unspecified atom stereocenters. The van der Waals surface area contributed by atoms with E-state index in [1.165, 1.54) is 11.9 Å². The molecule has 0 fully saturated rings. The summed E-state index contributed by atoms with van der Waals surface area (Å²) in [6.07, 6.45) is -4.30. The molecule has 0 bridgehead atoms. The third kappa shape index (κ3) is 3.76. The van der Waals surface area contributed by atoms with Crippen LogP contribution in [0, 0.1) is 0 Å². The summed E-state index contributed by atoms with van der Waals surface area (Å²) in [7, 11) is 1.50. The van der Waals surface area contributed by atoms with Gasteiger partial charge in [-0.1, -0.05) is 0 Å². The Morgan fingerprint density at radius 1 is 1.19 bits per heavy atom. The van der Waals surface area contributed by atoms with Crippen molar-refractivity contribution in [3.8, 4) is 0 Å². The van der Waals surface area contributed by atoms with Crippen molar-refractivity contribution in [3.63, 3.8) is 0 Å². The summed E-state index contributed by atoms with van der Waals surface area (Å²) in [6, 6.07) is 3.45. The van der Waals surface area contributed by atoms with Crippen LogP contribution in [0.5, 0.6) is 0 Å². The van der Waals surface area contributed by atoms with Gasteiger partial charge in [-0.05, 0) is 19.1 Å². The van der Waals surface area contributed by atoms with Crippen molar-refractivity contribution in [1.29, 1.82) is 0 Å². The Labute approximate surface area is 151 Å². The summed E-state index contributed by atoms with van der Waals surface area (Å²) >= 11 is 0. The number of hydrogen-bond donors (Lipinski definition) is 0. The number of halogens is 4. The molecule has 0 spiro atoms. The lowest BCUT2D eigenvalue weighted by molar-refractivity contribution is 0.0776. The van der Waals surface area contributed by atoms with Crippen LogP contribution < -0.4 is 0 Å². The molecule has 0 saturated heterocycles. The number of aromatic nitrogens is 5. The van der Waals surface area contributed by atoms with Crippen LogP contribution >= 0.6 is 0 Å². The van der Waals surface area contributed by atoms with Gasteiger partial charge in [-0.25, -0.2) is 27.1 Å². The van der Waals surface area contributed by atoms with E-state index in [9.17, 15) is 22.4 Å². The number of hydrogen-bond acceptors (Lipinski definition) is 4. The second-order valence-corrected chi connectivity index (χ2v) is 5.83. The van der Waals surface area contributed by atoms with Crippen molar-refractivity contribution in [1.82, 2.24) is 29.3 Å². The first-order chi connectivity index (χ1) is 12.8. The number of amides is 1. The average Bonchev–Trinajstić information content (AvgIpc) is 3.25. The Bertz CT molecular complexity index is 967. The molecule has 0 atom stereocenters. The van der Waals surface area contributed by atoms with Gasteiger partial charge < -0.3 is 4.90 Å². The number of rotatable bonds is 6. The Balaban J connectivity index is 1.91. The summed E-state index contributed by atoms with van der Waals surface area (Å²) < 4.78 is 54.6. The fourth-order valence-corrected chi connectivity index (χ4v) is 2.56. The van der Waals surface area contributed by atoms with Gasteiger partial charge in [-0.2, -0.15) is 10.2 Å². The quantitative estimate of drug-likeness (QED) is 0.613. The third-order valence-corrected chi connectivity index (χ3v) is 3.91. The van der Waals surface area contributed by atoms with E-state index in [-0.39, 0.29) is 17.9 Å². The zero-order valence-electron chi connectivity index (χ0n) is 14.5. The minimum atomic E-state index is -3.05. The molecule has 7 nitrogen and oxygen atoms in total. The maximum Gasteiger partial charge on any atom is 0.280 e. The zero-order valence-corrected chi connectivity index (χ0v) is 14.5. The van der Waals surface area contributed by atoms with E-state index in [1.807, 2.05) is 6.92 Å². The lowest BCUT2D eigenvalue weighted by atomic mass is 10.3. The number of carbonyl (C=O) groups excluding carboxylic acids is 1. The molecular formula is C16H16F4N6O. The second-order valence-electron chi connectivity index (χ2n) is 5.83. The molecule has 3 aromatic rings. The molecule has 0 saturated carbocycles. The smallest absolute Gasteiger partial charge is 0.280 e. The first kappa shape index (κ1) is 18.8. The predicted molar refractivity (Wildman–Crippen MR) is 86.6 cm³/mol. The van der Waals surface area contributed by atoms with Crippen LogP contribution in [-0.2, 0) is 13.1 Å². The molecule has 1 amide bonds. The van der Waals surface area contributed by atoms with Gasteiger partial charge in [-0.3, -0.25) is 9.48 Å². The fraction of sp³-hybridized carbons (Fsp3) is 0.375. The van der Waals surface area contributed by atoms with Crippen LogP contribution in [0.3, 0.4) is 0 Å². The first-order valence-electron chi connectivity index (χ1n) is 8.04. The van der Waals surface area contributed by atoms with Crippen molar-refractivity contribution < 1.29 is 22.4 Å². The van der Waals surface area contributed by atoms with Gasteiger partial charge in [0.1, 0.15) is 11.4 Å². The summed E-state index contributed by atoms with van der Waals surface area (Å²) in [5.74, 6) is -0.564. The molecule has 27 heavy (non-hydrogen) atoms. The largest absolute Gasteiger partial charge is 0.334 e. The van der Waals surface area contributed by atoms with E-state index in [0.29, 0.717) is 22.8 Å². The molecule has 0 aliphatic carbocycles. The molecule has 3 aromatic heterocycles. The molecule has 0 aromatic carbocycles. The van der Waals surface area contributed by atoms with Gasteiger partial charge in [0.15, 0.2) is 11.3 Å². The van der Waals surface area contributed by atoms with Crippen LogP contribution in [0.1, 0.15) is 47.3 Å². The van der Waals surface area contributed by atoms with Crippen LogP contribution in [0.25, 0.3) is 5.65 Å². The topological polar surface area (TPSA) is 68.3 Å². The van der Waals surface area contributed by atoms with E-state index in [4.69, 9.17) is 0 Å². The number of carbonyl (C=O) groups is 1. The summed E-state index contributed by atoms with van der Waals surface area (Å²) in [4.78, 5) is 17.5. The average molecular weight is 384 g/mol. The lowest BCUT2D eigenvalue weighted by Gasteiger charge is -2.14. The summed E-state index contributed by atoms with van der Waals surface area (Å²) in [5.41, 5.74) is -1.32. The van der Waals surface area contributed by atoms with Crippen molar-refractivity contribution in [2.75, 3.05) is 7.05 Å². The van der Waals surface area contributed by atoms with Gasteiger partial charge in [0.05, 0.1) is 12.2 Å². The summed E-state index contributed by atoms with van der Waals surface area (Å²) in [5, 5.41) is 8.09. The van der Waals surface area contributed by atoms with Crippen molar-refractivity contribution in [2.45, 2.75) is 32.9 Å². The van der Waals surface area contributed by atoms with E-state index in [1.54, 1.807) is 16.9 Å². The van der Waals surface area contributed by atoms with Gasteiger partial charge >= 0.3 is 0 Å². The molecule has 3 heterocycles. The number of alkyl halides is 4. The number of aryl methyl sites for hydroxylation is 1. The first-order valence-corrected chi connectivity index (χ1v) is 8.04. The molecule has 0 aliphatic rings. The van der Waals surface area contributed by atoms with Crippen molar-refractivity contribution in [3.05, 3.63) is 47.2 Å². The van der Waals surface area contributed by atoms with Crippen molar-refractivity contribution in [2.24, 2.45) is 0 Å². The molecule has 3 rings (SSSR count). The molecular weight excluding hydrogens is 368 g/mol. The Morgan fingerprint density at radius 3 is 2.52 bits per heavy atom. The standard InChI is InChI=1S/C16H16F4N6O/c1-3-25-5-4-9(22-25)8-24(2)16(27)11-7-13-21-10(14(17)18)6-12(15(19)20)26(13)23-11/h4-7,14-15H,3,8H2,1-2H3. The summed E-state index contributed by atoms with van der Waals surface area (Å²) in [6.45, 7) is 2.78. The predicted octanol–water partition coefficient (Wildman–Crippen LogP) is 3.09. The molecule has 11 heteroatoms. The Morgan fingerprint density at radius 2 is 1.93 bits per heavy atom. The highest BCUT2D eigenvalue weighted by atomic mass is 19.3.